The predicted octanol–water partition coefficient (Wildman–Crippen LogP) is 0.245. The van der Waals surface area contributed by atoms with E-state index in [0.717, 1.165) is 19.4 Å². The molecule has 0 aromatic rings. The van der Waals surface area contributed by atoms with Crippen LogP contribution in [0.15, 0.2) is 17.3 Å². The van der Waals surface area contributed by atoms with E-state index in [1.54, 1.807) is 13.2 Å². The van der Waals surface area contributed by atoms with E-state index in [1.807, 2.05) is 24.9 Å². The highest BCUT2D eigenvalue weighted by molar-refractivity contribution is 5.88. The second kappa shape index (κ2) is 7.99. The Morgan fingerprint density at radius 3 is 2.60 bits per heavy atom. The Morgan fingerprint density at radius 1 is 1.47 bits per heavy atom. The van der Waals surface area contributed by atoms with Crippen LogP contribution in [0.3, 0.4) is 0 Å². The topological polar surface area (TPSA) is 61.9 Å². The molecule has 5 nitrogen and oxygen atoms in total. The number of guanidine groups is 1. The van der Waals surface area contributed by atoms with E-state index in [2.05, 4.69) is 4.99 Å². The van der Waals surface area contributed by atoms with Crippen LogP contribution in [0.25, 0.3) is 0 Å². The highest BCUT2D eigenvalue weighted by Gasteiger charge is 2.09. The fraction of sp³-hybridized carbons (Fsp3) is 0.600. The Kier molecular flexibility index (Phi) is 7.27. The van der Waals surface area contributed by atoms with Crippen LogP contribution in [-0.2, 0) is 4.79 Å². The van der Waals surface area contributed by atoms with Crippen molar-refractivity contribution in [3.05, 3.63) is 12.3 Å². The molecule has 5 heteroatoms. The Bertz CT molecular complexity index is 238. The summed E-state index contributed by atoms with van der Waals surface area (Å²) in [5.74, 6) is 0.622. The lowest BCUT2D eigenvalue weighted by Crippen LogP contribution is -2.40. The zero-order valence-electron chi connectivity index (χ0n) is 9.68. The molecule has 15 heavy (non-hydrogen) atoms. The van der Waals surface area contributed by atoms with Crippen LogP contribution >= 0.6 is 0 Å². The highest BCUT2D eigenvalue weighted by Crippen LogP contribution is 1.95. The smallest absolute Gasteiger partial charge is 0.216 e. The maximum atomic E-state index is 10.7. The number of nitrogens with zero attached hydrogens (tertiary/aromatic N) is 3. The molecule has 0 saturated carbocycles. The van der Waals surface area contributed by atoms with Crippen LogP contribution in [0.1, 0.15) is 13.3 Å². The molecule has 1 amide bonds. The molecule has 0 aliphatic rings. The van der Waals surface area contributed by atoms with Crippen molar-refractivity contribution in [3.63, 3.8) is 0 Å². The number of hydrogen-bond acceptors (Lipinski definition) is 3. The van der Waals surface area contributed by atoms with Crippen molar-refractivity contribution in [3.8, 4) is 0 Å². The summed E-state index contributed by atoms with van der Waals surface area (Å²) in [5.41, 5.74) is 5.42. The molecule has 0 bridgehead atoms. The van der Waals surface area contributed by atoms with Crippen molar-refractivity contribution < 1.29 is 4.79 Å². The quantitative estimate of drug-likeness (QED) is 0.403. The fourth-order valence-electron chi connectivity index (χ4n) is 1.08. The second-order valence-corrected chi connectivity index (χ2v) is 3.19. The average molecular weight is 212 g/mol. The summed E-state index contributed by atoms with van der Waals surface area (Å²) in [5, 5.41) is 0. The van der Waals surface area contributed by atoms with Gasteiger partial charge in [-0.25, -0.2) is 4.99 Å². The fourth-order valence-corrected chi connectivity index (χ4v) is 1.08. The van der Waals surface area contributed by atoms with E-state index < -0.39 is 0 Å². The lowest BCUT2D eigenvalue weighted by atomic mass is 10.4. The van der Waals surface area contributed by atoms with E-state index in [9.17, 15) is 4.79 Å². The largest absolute Gasteiger partial charge is 0.345 e. The summed E-state index contributed by atoms with van der Waals surface area (Å²) < 4.78 is 0. The van der Waals surface area contributed by atoms with E-state index in [0.29, 0.717) is 12.5 Å². The molecule has 0 atom stereocenters. The van der Waals surface area contributed by atoms with Crippen molar-refractivity contribution in [2.24, 2.45) is 10.7 Å². The van der Waals surface area contributed by atoms with Gasteiger partial charge in [-0.3, -0.25) is 9.69 Å². The molecule has 0 aliphatic heterocycles. The number of rotatable bonds is 5. The van der Waals surface area contributed by atoms with Crippen molar-refractivity contribution in [2.45, 2.75) is 13.3 Å². The van der Waals surface area contributed by atoms with E-state index in [-0.39, 0.29) is 0 Å². The molecule has 0 heterocycles. The molecular formula is C10H20N4O. The van der Waals surface area contributed by atoms with Gasteiger partial charge in [-0.2, -0.15) is 0 Å². The number of nitrogens with two attached hydrogens (primary N) is 1. The van der Waals surface area contributed by atoms with Crippen molar-refractivity contribution in [1.29, 1.82) is 0 Å². The highest BCUT2D eigenvalue weighted by atomic mass is 16.1. The summed E-state index contributed by atoms with van der Waals surface area (Å²) in [6.45, 7) is 3.29. The maximum absolute atomic E-state index is 10.7. The normalized spacial score (nSPS) is 11.9. The molecule has 0 aliphatic carbocycles. The molecule has 0 saturated heterocycles. The second-order valence-electron chi connectivity index (χ2n) is 3.19. The van der Waals surface area contributed by atoms with Gasteiger partial charge in [0.25, 0.3) is 0 Å². The molecule has 0 aromatic carbocycles. The molecule has 2 N–H and O–H groups in total. The van der Waals surface area contributed by atoms with Crippen molar-refractivity contribution in [1.82, 2.24) is 9.80 Å². The molecule has 0 unspecified atom stereocenters. The van der Waals surface area contributed by atoms with Crippen molar-refractivity contribution >= 4 is 12.4 Å². The first kappa shape index (κ1) is 13.6. The summed E-state index contributed by atoms with van der Waals surface area (Å²) >= 11 is 0. The summed E-state index contributed by atoms with van der Waals surface area (Å²) in [4.78, 5) is 18.2. The Balaban J connectivity index is 4.54. The number of carbonyl (C=O) groups excluding carboxylic acids is 1. The number of carbonyl (C=O) groups is 1. The zero-order chi connectivity index (χ0) is 11.7. The molecule has 0 aromatic heterocycles. The number of hydrogen-bond donors (Lipinski definition) is 1. The first-order valence-electron chi connectivity index (χ1n) is 4.95. The third kappa shape index (κ3) is 5.17. The van der Waals surface area contributed by atoms with Crippen LogP contribution < -0.4 is 5.73 Å². The monoisotopic (exact) mass is 212 g/mol. The minimum Gasteiger partial charge on any atom is -0.345 e. The average Bonchev–Trinajstić information content (AvgIpc) is 2.26. The molecule has 0 fully saturated rings. The third-order valence-corrected chi connectivity index (χ3v) is 1.85. The van der Waals surface area contributed by atoms with Gasteiger partial charge in [0.2, 0.25) is 12.4 Å². The van der Waals surface area contributed by atoms with E-state index >= 15 is 0 Å². The Labute approximate surface area is 91.3 Å². The molecule has 0 rings (SSSR count). The van der Waals surface area contributed by atoms with Gasteiger partial charge >= 0.3 is 0 Å². The van der Waals surface area contributed by atoms with Gasteiger partial charge in [0.15, 0.2) is 0 Å². The van der Waals surface area contributed by atoms with Crippen LogP contribution in [0.5, 0.6) is 0 Å². The standard InChI is InChI=1S/C10H20N4O/c1-4-7-12-10(14(3)9-15)13(2)8-5-6-11/h4,7,9H,5-6,8,11H2,1-3H3/b7-4+,12-10-. The maximum Gasteiger partial charge on any atom is 0.216 e. The lowest BCUT2D eigenvalue weighted by molar-refractivity contribution is -0.114. The number of amides is 1. The Morgan fingerprint density at radius 2 is 2.13 bits per heavy atom. The van der Waals surface area contributed by atoms with E-state index in [1.165, 1.54) is 4.90 Å². The third-order valence-electron chi connectivity index (χ3n) is 1.85. The van der Waals surface area contributed by atoms with Crippen LogP contribution in [0.4, 0.5) is 0 Å². The van der Waals surface area contributed by atoms with Gasteiger partial charge in [-0.15, -0.1) is 0 Å². The van der Waals surface area contributed by atoms with E-state index in [4.69, 9.17) is 5.73 Å². The molecule has 0 spiro atoms. The summed E-state index contributed by atoms with van der Waals surface area (Å²) in [6.07, 6.45) is 5.09. The van der Waals surface area contributed by atoms with Gasteiger partial charge < -0.3 is 10.6 Å². The lowest BCUT2D eigenvalue weighted by Gasteiger charge is -2.24. The minimum absolute atomic E-state index is 0.622. The SMILES string of the molecule is C/C=C/N=C(\N(C)C=O)N(C)CCCN. The Hall–Kier alpha value is -1.36. The molecular weight excluding hydrogens is 192 g/mol. The summed E-state index contributed by atoms with van der Waals surface area (Å²) in [6, 6.07) is 0. The van der Waals surface area contributed by atoms with Gasteiger partial charge in [-0.05, 0) is 19.9 Å². The van der Waals surface area contributed by atoms with Crippen LogP contribution in [0.2, 0.25) is 0 Å². The van der Waals surface area contributed by atoms with Crippen LogP contribution in [-0.4, -0.2) is 49.4 Å². The predicted molar refractivity (Wildman–Crippen MR) is 62.4 cm³/mol. The van der Waals surface area contributed by atoms with Gasteiger partial charge in [0, 0.05) is 26.8 Å². The van der Waals surface area contributed by atoms with Gasteiger partial charge in [-0.1, -0.05) is 6.08 Å². The van der Waals surface area contributed by atoms with Crippen LogP contribution in [0, 0.1) is 0 Å². The molecule has 0 radical (unpaired) electrons. The zero-order valence-corrected chi connectivity index (χ0v) is 9.68. The first-order chi connectivity index (χ1) is 7.17. The molecule has 86 valence electrons. The number of allylic oxidation sites excluding steroid dienone is 1. The number of aliphatic imine (C=N–C) groups is 1. The van der Waals surface area contributed by atoms with Gasteiger partial charge in [0.1, 0.15) is 0 Å². The minimum atomic E-state index is 0.622. The van der Waals surface area contributed by atoms with Gasteiger partial charge in [0.05, 0.1) is 0 Å². The first-order valence-corrected chi connectivity index (χ1v) is 4.95. The summed E-state index contributed by atoms with van der Waals surface area (Å²) in [7, 11) is 3.56. The van der Waals surface area contributed by atoms with Crippen molar-refractivity contribution in [2.75, 3.05) is 27.2 Å².